The van der Waals surface area contributed by atoms with E-state index >= 15 is 0 Å². The number of nitrogens with zero attached hydrogens (tertiary/aromatic N) is 1. The van der Waals surface area contributed by atoms with Crippen LogP contribution in [0.25, 0.3) is 0 Å². The van der Waals surface area contributed by atoms with E-state index in [9.17, 15) is 18.3 Å². The molecule has 0 bridgehead atoms. The van der Waals surface area contributed by atoms with Gasteiger partial charge in [0.15, 0.2) is 0 Å². The molecule has 0 spiro atoms. The number of hydrogen-bond donors (Lipinski definition) is 1. The maximum Gasteiger partial charge on any atom is 0.416 e. The van der Waals surface area contributed by atoms with Crippen molar-refractivity contribution in [2.24, 2.45) is 0 Å². The SMILES string of the molecule is OC1(C#Cc2cccc(Cl)c2)CCN(c2ccc(C(F)(F)F)cc2)CC1. The number of aliphatic hydroxyl groups is 1. The molecule has 6 heteroatoms. The van der Waals surface area contributed by atoms with Crippen LogP contribution in [-0.4, -0.2) is 23.8 Å². The Labute approximate surface area is 155 Å². The third-order valence-corrected chi connectivity index (χ3v) is 4.65. The lowest BCUT2D eigenvalue weighted by Gasteiger charge is -2.36. The molecule has 2 nitrogen and oxygen atoms in total. The van der Waals surface area contributed by atoms with Crippen LogP contribution in [0.2, 0.25) is 5.02 Å². The lowest BCUT2D eigenvalue weighted by Crippen LogP contribution is -2.43. The third kappa shape index (κ3) is 4.51. The molecule has 0 atom stereocenters. The Morgan fingerprint density at radius 3 is 2.27 bits per heavy atom. The number of rotatable bonds is 1. The van der Waals surface area contributed by atoms with E-state index in [2.05, 4.69) is 11.8 Å². The number of piperidine rings is 1. The Morgan fingerprint density at radius 1 is 1.04 bits per heavy atom. The van der Waals surface area contributed by atoms with Gasteiger partial charge in [0.1, 0.15) is 5.60 Å². The van der Waals surface area contributed by atoms with Crippen LogP contribution in [0.3, 0.4) is 0 Å². The molecule has 3 rings (SSSR count). The molecule has 0 aliphatic carbocycles. The Balaban J connectivity index is 1.65. The monoisotopic (exact) mass is 379 g/mol. The first-order valence-electron chi connectivity index (χ1n) is 8.19. The highest BCUT2D eigenvalue weighted by molar-refractivity contribution is 6.30. The van der Waals surface area contributed by atoms with E-state index in [4.69, 9.17) is 11.6 Å². The zero-order chi connectivity index (χ0) is 18.8. The topological polar surface area (TPSA) is 23.5 Å². The van der Waals surface area contributed by atoms with Gasteiger partial charge in [0.2, 0.25) is 0 Å². The summed E-state index contributed by atoms with van der Waals surface area (Å²) in [4.78, 5) is 1.95. The van der Waals surface area contributed by atoms with E-state index in [0.717, 1.165) is 17.7 Å². The van der Waals surface area contributed by atoms with Crippen molar-refractivity contribution in [2.75, 3.05) is 18.0 Å². The van der Waals surface area contributed by atoms with Crippen molar-refractivity contribution in [1.82, 2.24) is 0 Å². The van der Waals surface area contributed by atoms with Gasteiger partial charge in [-0.15, -0.1) is 0 Å². The van der Waals surface area contributed by atoms with E-state index in [1.807, 2.05) is 11.0 Å². The van der Waals surface area contributed by atoms with Crippen LogP contribution in [0.5, 0.6) is 0 Å². The number of hydrogen-bond acceptors (Lipinski definition) is 2. The fourth-order valence-electron chi connectivity index (χ4n) is 2.88. The summed E-state index contributed by atoms with van der Waals surface area (Å²) < 4.78 is 37.9. The van der Waals surface area contributed by atoms with Crippen LogP contribution in [-0.2, 0) is 6.18 Å². The molecule has 1 N–H and O–H groups in total. The van der Waals surface area contributed by atoms with E-state index in [1.165, 1.54) is 12.1 Å². The van der Waals surface area contributed by atoms with Crippen molar-refractivity contribution >= 4 is 17.3 Å². The first-order valence-corrected chi connectivity index (χ1v) is 8.56. The van der Waals surface area contributed by atoms with Crippen LogP contribution in [0.1, 0.15) is 24.0 Å². The largest absolute Gasteiger partial charge is 0.416 e. The van der Waals surface area contributed by atoms with Gasteiger partial charge in [0.25, 0.3) is 0 Å². The predicted octanol–water partition coefficient (Wildman–Crippen LogP) is 4.74. The smallest absolute Gasteiger partial charge is 0.377 e. The molecule has 1 saturated heterocycles. The summed E-state index contributed by atoms with van der Waals surface area (Å²) in [6, 6.07) is 12.2. The fraction of sp³-hybridized carbons (Fsp3) is 0.300. The second-order valence-electron chi connectivity index (χ2n) is 6.32. The van der Waals surface area contributed by atoms with Gasteiger partial charge >= 0.3 is 6.18 Å². The first kappa shape index (κ1) is 18.6. The average Bonchev–Trinajstić information content (AvgIpc) is 2.60. The molecule has 0 radical (unpaired) electrons. The highest BCUT2D eigenvalue weighted by atomic mass is 35.5. The maximum atomic E-state index is 12.6. The third-order valence-electron chi connectivity index (χ3n) is 4.41. The van der Waals surface area contributed by atoms with Crippen LogP contribution in [0.15, 0.2) is 48.5 Å². The Bertz CT molecular complexity index is 829. The van der Waals surface area contributed by atoms with Gasteiger partial charge in [-0.2, -0.15) is 13.2 Å². The summed E-state index contributed by atoms with van der Waals surface area (Å²) in [6.07, 6.45) is -3.50. The number of halogens is 4. The van der Waals surface area contributed by atoms with Crippen LogP contribution >= 0.6 is 11.6 Å². The zero-order valence-corrected chi connectivity index (χ0v) is 14.6. The number of anilines is 1. The molecule has 0 unspecified atom stereocenters. The van der Waals surface area contributed by atoms with Gasteiger partial charge < -0.3 is 10.0 Å². The van der Waals surface area contributed by atoms with Crippen molar-refractivity contribution in [3.05, 3.63) is 64.7 Å². The van der Waals surface area contributed by atoms with E-state index in [1.54, 1.807) is 18.2 Å². The van der Waals surface area contributed by atoms with Gasteiger partial charge in [-0.1, -0.05) is 29.5 Å². The molecule has 0 aromatic heterocycles. The second-order valence-corrected chi connectivity index (χ2v) is 6.76. The van der Waals surface area contributed by atoms with Crippen LogP contribution in [0.4, 0.5) is 18.9 Å². The summed E-state index contributed by atoms with van der Waals surface area (Å²) in [7, 11) is 0. The normalized spacial score (nSPS) is 16.7. The first-order chi connectivity index (χ1) is 12.3. The lowest BCUT2D eigenvalue weighted by molar-refractivity contribution is -0.137. The van der Waals surface area contributed by atoms with Crippen molar-refractivity contribution in [3.8, 4) is 11.8 Å². The minimum Gasteiger partial charge on any atom is -0.377 e. The molecule has 0 amide bonds. The molecule has 1 aliphatic rings. The summed E-state index contributed by atoms with van der Waals surface area (Å²) in [5.41, 5.74) is -0.328. The highest BCUT2D eigenvalue weighted by Crippen LogP contribution is 2.32. The van der Waals surface area contributed by atoms with Crippen molar-refractivity contribution in [3.63, 3.8) is 0 Å². The molecule has 26 heavy (non-hydrogen) atoms. The maximum absolute atomic E-state index is 12.6. The lowest BCUT2D eigenvalue weighted by atomic mass is 9.91. The summed E-state index contributed by atoms with van der Waals surface area (Å²) in [6.45, 7) is 1.04. The van der Waals surface area contributed by atoms with E-state index in [-0.39, 0.29) is 0 Å². The van der Waals surface area contributed by atoms with E-state index in [0.29, 0.717) is 36.6 Å². The summed E-state index contributed by atoms with van der Waals surface area (Å²) >= 11 is 5.92. The number of benzene rings is 2. The van der Waals surface area contributed by atoms with Gasteiger partial charge in [0, 0.05) is 42.2 Å². The Morgan fingerprint density at radius 2 is 1.69 bits per heavy atom. The van der Waals surface area contributed by atoms with Gasteiger partial charge in [0.05, 0.1) is 5.56 Å². The van der Waals surface area contributed by atoms with Gasteiger partial charge in [-0.05, 0) is 42.5 Å². The molecule has 1 aliphatic heterocycles. The Hall–Kier alpha value is -2.16. The minimum absolute atomic E-state index is 0.418. The Kier molecular flexibility index (Phi) is 5.17. The predicted molar refractivity (Wildman–Crippen MR) is 96.2 cm³/mol. The van der Waals surface area contributed by atoms with Crippen molar-refractivity contribution < 1.29 is 18.3 Å². The van der Waals surface area contributed by atoms with Gasteiger partial charge in [-0.25, -0.2) is 0 Å². The minimum atomic E-state index is -4.34. The molecule has 0 saturated carbocycles. The molecule has 1 heterocycles. The van der Waals surface area contributed by atoms with E-state index < -0.39 is 17.3 Å². The summed E-state index contributed by atoms with van der Waals surface area (Å²) in [5, 5.41) is 11.2. The van der Waals surface area contributed by atoms with Crippen molar-refractivity contribution in [1.29, 1.82) is 0 Å². The molecule has 2 aromatic rings. The zero-order valence-electron chi connectivity index (χ0n) is 13.9. The van der Waals surface area contributed by atoms with Gasteiger partial charge in [-0.3, -0.25) is 0 Å². The fourth-order valence-corrected chi connectivity index (χ4v) is 3.07. The molecular weight excluding hydrogens is 363 g/mol. The molecule has 2 aromatic carbocycles. The molecule has 1 fully saturated rings. The van der Waals surface area contributed by atoms with Crippen LogP contribution < -0.4 is 4.90 Å². The standard InChI is InChI=1S/C20H17ClF3NO/c21-17-3-1-2-15(14-17)8-9-19(26)10-12-25(13-11-19)18-6-4-16(5-7-18)20(22,23)24/h1-7,14,26H,10-13H2. The summed E-state index contributed by atoms with van der Waals surface area (Å²) in [5.74, 6) is 5.86. The quantitative estimate of drug-likeness (QED) is 0.723. The van der Waals surface area contributed by atoms with Crippen LogP contribution in [0, 0.1) is 11.8 Å². The molecule has 136 valence electrons. The molecular formula is C20H17ClF3NO. The second kappa shape index (κ2) is 7.22. The van der Waals surface area contributed by atoms with Crippen molar-refractivity contribution in [2.45, 2.75) is 24.6 Å². The highest BCUT2D eigenvalue weighted by Gasteiger charge is 2.32. The average molecular weight is 380 g/mol. The number of alkyl halides is 3.